The summed E-state index contributed by atoms with van der Waals surface area (Å²) >= 11 is 4.86. The largest absolute Gasteiger partial charge is 0.467 e. The molecule has 1 aromatic rings. The van der Waals surface area contributed by atoms with E-state index in [0.29, 0.717) is 6.54 Å². The predicted molar refractivity (Wildman–Crippen MR) is 66.9 cm³/mol. The van der Waals surface area contributed by atoms with E-state index in [1.165, 1.54) is 18.4 Å². The van der Waals surface area contributed by atoms with Crippen LogP contribution in [0.1, 0.15) is 11.4 Å². The van der Waals surface area contributed by atoms with Gasteiger partial charge in [-0.3, -0.25) is 0 Å². The van der Waals surface area contributed by atoms with E-state index in [-0.39, 0.29) is 12.6 Å². The van der Waals surface area contributed by atoms with Crippen LogP contribution in [0, 0.1) is 0 Å². The van der Waals surface area contributed by atoms with Gasteiger partial charge < -0.3 is 14.8 Å². The number of hydrogen-bond acceptors (Lipinski definition) is 6. The zero-order valence-electron chi connectivity index (χ0n) is 9.36. The van der Waals surface area contributed by atoms with E-state index in [1.807, 2.05) is 5.38 Å². The molecule has 17 heavy (non-hydrogen) atoms. The third-order valence-electron chi connectivity index (χ3n) is 2.68. The van der Waals surface area contributed by atoms with Gasteiger partial charge in [-0.25, -0.2) is 9.78 Å². The lowest BCUT2D eigenvalue weighted by molar-refractivity contribution is -0.153. The van der Waals surface area contributed by atoms with Crippen LogP contribution < -0.4 is 5.32 Å². The fourth-order valence-corrected chi connectivity index (χ4v) is 3.19. The van der Waals surface area contributed by atoms with E-state index in [1.54, 1.807) is 0 Å². The van der Waals surface area contributed by atoms with E-state index in [2.05, 4.69) is 31.0 Å². The van der Waals surface area contributed by atoms with Gasteiger partial charge in [0.05, 0.1) is 7.11 Å². The number of rotatable bonds is 4. The predicted octanol–water partition coefficient (Wildman–Crippen LogP) is 1.28. The molecule has 94 valence electrons. The van der Waals surface area contributed by atoms with Crippen molar-refractivity contribution >= 4 is 33.2 Å². The normalized spacial score (nSPS) is 23.9. The average Bonchev–Trinajstić information content (AvgIpc) is 2.95. The number of carbonyl (C=O) groups excluding carboxylic acids is 1. The summed E-state index contributed by atoms with van der Waals surface area (Å²) < 4.78 is 11.1. The molecule has 5 nitrogen and oxygen atoms in total. The topological polar surface area (TPSA) is 60.5 Å². The molecule has 1 atom stereocenters. The molecule has 0 bridgehead atoms. The molecular weight excluding hydrogens is 308 g/mol. The number of methoxy groups -OCH3 is 1. The molecule has 1 aliphatic heterocycles. The fraction of sp³-hybridized carbons (Fsp3) is 0.600. The molecule has 2 heterocycles. The first-order valence-electron chi connectivity index (χ1n) is 5.19. The number of nitrogens with zero attached hydrogens (tertiary/aromatic N) is 1. The Morgan fingerprint density at radius 1 is 1.76 bits per heavy atom. The Labute approximate surface area is 112 Å². The molecule has 1 aliphatic rings. The minimum atomic E-state index is -0.495. The standard InChI is InChI=1S/C10H13BrN2O3S/c1-15-8(14)4-16-10(2-3-12-6-10)9-13-7(11)5-17-9/h5,12H,2-4,6H2,1H3. The highest BCUT2D eigenvalue weighted by Gasteiger charge is 2.40. The van der Waals surface area contributed by atoms with Crippen molar-refractivity contribution in [2.75, 3.05) is 26.8 Å². The number of aromatic nitrogens is 1. The van der Waals surface area contributed by atoms with Gasteiger partial charge in [0.25, 0.3) is 0 Å². The molecule has 7 heteroatoms. The van der Waals surface area contributed by atoms with E-state index in [0.717, 1.165) is 22.6 Å². The van der Waals surface area contributed by atoms with Gasteiger partial charge in [-0.05, 0) is 28.9 Å². The second kappa shape index (κ2) is 5.43. The van der Waals surface area contributed by atoms with Crippen LogP contribution in [-0.4, -0.2) is 37.8 Å². The van der Waals surface area contributed by atoms with Crippen molar-refractivity contribution in [1.82, 2.24) is 10.3 Å². The molecule has 0 radical (unpaired) electrons. The lowest BCUT2D eigenvalue weighted by Gasteiger charge is -2.25. The number of ether oxygens (including phenoxy) is 2. The fourth-order valence-electron chi connectivity index (χ4n) is 1.76. The highest BCUT2D eigenvalue weighted by atomic mass is 79.9. The molecule has 0 aromatic carbocycles. The van der Waals surface area contributed by atoms with Crippen molar-refractivity contribution in [3.63, 3.8) is 0 Å². The zero-order chi connectivity index (χ0) is 12.3. The summed E-state index contributed by atoms with van der Waals surface area (Å²) in [5.41, 5.74) is -0.495. The Balaban J connectivity index is 2.12. The van der Waals surface area contributed by atoms with Crippen molar-refractivity contribution in [2.45, 2.75) is 12.0 Å². The molecule has 1 fully saturated rings. The van der Waals surface area contributed by atoms with Gasteiger partial charge in [0.2, 0.25) is 0 Å². The second-order valence-corrected chi connectivity index (χ2v) is 5.43. The number of nitrogens with one attached hydrogen (secondary N) is 1. The third kappa shape index (κ3) is 2.85. The number of thiazole rings is 1. The number of hydrogen-bond donors (Lipinski definition) is 1. The smallest absolute Gasteiger partial charge is 0.331 e. The number of halogens is 1. The van der Waals surface area contributed by atoms with Gasteiger partial charge in [-0.15, -0.1) is 11.3 Å². The van der Waals surface area contributed by atoms with Crippen molar-refractivity contribution < 1.29 is 14.3 Å². The molecule has 0 amide bonds. The van der Waals surface area contributed by atoms with Gasteiger partial charge in [0.1, 0.15) is 21.8 Å². The van der Waals surface area contributed by atoms with Crippen molar-refractivity contribution in [1.29, 1.82) is 0 Å². The van der Waals surface area contributed by atoms with Gasteiger partial charge in [0, 0.05) is 11.9 Å². The third-order valence-corrected chi connectivity index (χ3v) is 4.41. The summed E-state index contributed by atoms with van der Waals surface area (Å²) in [6.07, 6.45) is 0.809. The number of esters is 1. The van der Waals surface area contributed by atoms with Crippen LogP contribution in [0.5, 0.6) is 0 Å². The molecule has 1 aromatic heterocycles. The van der Waals surface area contributed by atoms with E-state index in [4.69, 9.17) is 4.74 Å². The zero-order valence-corrected chi connectivity index (χ0v) is 11.8. The summed E-state index contributed by atoms with van der Waals surface area (Å²) in [4.78, 5) is 15.5. The SMILES string of the molecule is COC(=O)COC1(c2nc(Br)cs2)CCNC1. The van der Waals surface area contributed by atoms with Crippen molar-refractivity contribution in [2.24, 2.45) is 0 Å². The maximum Gasteiger partial charge on any atom is 0.331 e. The molecule has 1 saturated heterocycles. The lowest BCUT2D eigenvalue weighted by atomic mass is 10.0. The van der Waals surface area contributed by atoms with Crippen LogP contribution in [0.15, 0.2) is 9.98 Å². The Kier molecular flexibility index (Phi) is 4.13. The Morgan fingerprint density at radius 2 is 2.59 bits per heavy atom. The first-order chi connectivity index (χ1) is 8.16. The second-order valence-electron chi connectivity index (χ2n) is 3.76. The molecule has 1 N–H and O–H groups in total. The summed E-state index contributed by atoms with van der Waals surface area (Å²) in [7, 11) is 1.35. The van der Waals surface area contributed by atoms with Crippen LogP contribution in [0.25, 0.3) is 0 Å². The summed E-state index contributed by atoms with van der Waals surface area (Å²) in [6, 6.07) is 0. The Hall–Kier alpha value is -0.500. The maximum absolute atomic E-state index is 11.2. The van der Waals surface area contributed by atoms with Crippen LogP contribution in [-0.2, 0) is 19.9 Å². The van der Waals surface area contributed by atoms with Crippen molar-refractivity contribution in [3.05, 3.63) is 15.0 Å². The van der Waals surface area contributed by atoms with Gasteiger partial charge in [0.15, 0.2) is 0 Å². The van der Waals surface area contributed by atoms with Gasteiger partial charge in [-0.2, -0.15) is 0 Å². The molecule has 2 rings (SSSR count). The Bertz CT molecular complexity index is 404. The average molecular weight is 321 g/mol. The van der Waals surface area contributed by atoms with Crippen molar-refractivity contribution in [3.8, 4) is 0 Å². The van der Waals surface area contributed by atoms with Crippen LogP contribution in [0.3, 0.4) is 0 Å². The Morgan fingerprint density at radius 3 is 3.12 bits per heavy atom. The highest BCUT2D eigenvalue weighted by Crippen LogP contribution is 2.35. The first kappa shape index (κ1) is 12.9. The summed E-state index contributed by atoms with van der Waals surface area (Å²) in [5, 5.41) is 6.04. The minimum Gasteiger partial charge on any atom is -0.467 e. The van der Waals surface area contributed by atoms with Gasteiger partial charge in [-0.1, -0.05) is 0 Å². The van der Waals surface area contributed by atoms with E-state index < -0.39 is 5.60 Å². The molecule has 0 saturated carbocycles. The minimum absolute atomic E-state index is 0.0463. The quantitative estimate of drug-likeness (QED) is 0.847. The van der Waals surface area contributed by atoms with Gasteiger partial charge >= 0.3 is 5.97 Å². The summed E-state index contributed by atoms with van der Waals surface area (Å²) in [5.74, 6) is -0.369. The maximum atomic E-state index is 11.2. The van der Waals surface area contributed by atoms with E-state index >= 15 is 0 Å². The lowest BCUT2D eigenvalue weighted by Crippen LogP contribution is -2.34. The number of carbonyl (C=O) groups is 1. The van der Waals surface area contributed by atoms with E-state index in [9.17, 15) is 4.79 Å². The molecule has 0 aliphatic carbocycles. The first-order valence-corrected chi connectivity index (χ1v) is 6.86. The molecular formula is C10H13BrN2O3S. The summed E-state index contributed by atoms with van der Waals surface area (Å²) in [6.45, 7) is 1.48. The molecule has 0 spiro atoms. The van der Waals surface area contributed by atoms with Crippen LogP contribution >= 0.6 is 27.3 Å². The van der Waals surface area contributed by atoms with Crippen LogP contribution in [0.4, 0.5) is 0 Å². The molecule has 1 unspecified atom stereocenters. The monoisotopic (exact) mass is 320 g/mol. The van der Waals surface area contributed by atoms with Crippen LogP contribution in [0.2, 0.25) is 0 Å². The highest BCUT2D eigenvalue weighted by molar-refractivity contribution is 9.10.